The van der Waals surface area contributed by atoms with Crippen LogP contribution in [0, 0.1) is 6.92 Å². The molecule has 1 aromatic carbocycles. The average Bonchev–Trinajstić information content (AvgIpc) is 3.12. The van der Waals surface area contributed by atoms with Crippen LogP contribution >= 0.6 is 11.3 Å². The van der Waals surface area contributed by atoms with Crippen molar-refractivity contribution < 1.29 is 9.53 Å². The molecule has 25 heavy (non-hydrogen) atoms. The zero-order valence-corrected chi connectivity index (χ0v) is 14.7. The molecule has 0 N–H and O–H groups in total. The standard InChI is InChI=1S/C18H16N4O2S/c1-11-4-5-14-13(8-11)22(10-12(2)24-14)18(23)15-9-21-17(25-15)16-19-6-3-7-20-16/h3-9,12H,10H2,1-2H3/t12-/m0/s1. The van der Waals surface area contributed by atoms with E-state index in [1.807, 2.05) is 32.0 Å². The molecule has 126 valence electrons. The summed E-state index contributed by atoms with van der Waals surface area (Å²) in [4.78, 5) is 28.1. The number of thiazole rings is 1. The number of nitrogens with zero attached hydrogens (tertiary/aromatic N) is 4. The lowest BCUT2D eigenvalue weighted by molar-refractivity contribution is 0.0965. The molecule has 2 aromatic heterocycles. The van der Waals surface area contributed by atoms with Crippen LogP contribution in [0.15, 0.2) is 42.9 Å². The van der Waals surface area contributed by atoms with E-state index < -0.39 is 0 Å². The first-order valence-electron chi connectivity index (χ1n) is 7.94. The van der Waals surface area contributed by atoms with Crippen molar-refractivity contribution in [3.63, 3.8) is 0 Å². The lowest BCUT2D eigenvalue weighted by Crippen LogP contribution is -2.42. The normalized spacial score (nSPS) is 16.2. The first-order valence-corrected chi connectivity index (χ1v) is 8.76. The summed E-state index contributed by atoms with van der Waals surface area (Å²) < 4.78 is 5.85. The van der Waals surface area contributed by atoms with E-state index in [0.717, 1.165) is 17.0 Å². The molecule has 3 heterocycles. The number of fused-ring (bicyclic) bond motifs is 1. The number of rotatable bonds is 2. The van der Waals surface area contributed by atoms with E-state index in [1.165, 1.54) is 11.3 Å². The third-order valence-corrected chi connectivity index (χ3v) is 4.87. The van der Waals surface area contributed by atoms with Gasteiger partial charge in [0.1, 0.15) is 16.7 Å². The molecule has 1 aliphatic rings. The van der Waals surface area contributed by atoms with Gasteiger partial charge in [-0.2, -0.15) is 0 Å². The average molecular weight is 352 g/mol. The molecule has 0 saturated carbocycles. The molecule has 1 amide bonds. The van der Waals surface area contributed by atoms with Gasteiger partial charge in [-0.3, -0.25) is 4.79 Å². The molecular formula is C18H16N4O2S. The molecule has 0 radical (unpaired) electrons. The van der Waals surface area contributed by atoms with Crippen LogP contribution < -0.4 is 9.64 Å². The second kappa shape index (κ2) is 6.25. The van der Waals surface area contributed by atoms with Gasteiger partial charge in [0.05, 0.1) is 18.4 Å². The predicted molar refractivity (Wildman–Crippen MR) is 96.1 cm³/mol. The van der Waals surface area contributed by atoms with E-state index in [-0.39, 0.29) is 12.0 Å². The maximum Gasteiger partial charge on any atom is 0.270 e. The van der Waals surface area contributed by atoms with Crippen molar-refractivity contribution in [3.05, 3.63) is 53.3 Å². The SMILES string of the molecule is Cc1ccc2c(c1)N(C(=O)c1cnc(-c3ncccn3)s1)C[C@H](C)O2. The van der Waals surface area contributed by atoms with Crippen LogP contribution in [0.25, 0.3) is 10.8 Å². The van der Waals surface area contributed by atoms with Gasteiger partial charge < -0.3 is 9.64 Å². The summed E-state index contributed by atoms with van der Waals surface area (Å²) in [5.74, 6) is 1.17. The predicted octanol–water partition coefficient (Wildman–Crippen LogP) is 3.34. The minimum Gasteiger partial charge on any atom is -0.487 e. The number of carbonyl (C=O) groups excluding carboxylic acids is 1. The molecule has 0 bridgehead atoms. The maximum absolute atomic E-state index is 13.1. The summed E-state index contributed by atoms with van der Waals surface area (Å²) in [6.07, 6.45) is 4.85. The van der Waals surface area contributed by atoms with Gasteiger partial charge in [-0.1, -0.05) is 6.07 Å². The Morgan fingerprint density at radius 1 is 1.28 bits per heavy atom. The van der Waals surface area contributed by atoms with Gasteiger partial charge in [-0.25, -0.2) is 15.0 Å². The van der Waals surface area contributed by atoms with Gasteiger partial charge in [-0.05, 0) is 37.6 Å². The Labute approximate surface area is 149 Å². The Morgan fingerprint density at radius 2 is 2.08 bits per heavy atom. The van der Waals surface area contributed by atoms with Crippen LogP contribution in [0.2, 0.25) is 0 Å². The zero-order chi connectivity index (χ0) is 17.4. The number of aromatic nitrogens is 3. The molecule has 0 unspecified atom stereocenters. The Bertz CT molecular complexity index is 926. The molecule has 0 fully saturated rings. The summed E-state index contributed by atoms with van der Waals surface area (Å²) in [6.45, 7) is 4.46. The highest BCUT2D eigenvalue weighted by Gasteiger charge is 2.29. The highest BCUT2D eigenvalue weighted by atomic mass is 32.1. The minimum absolute atomic E-state index is 0.0657. The smallest absolute Gasteiger partial charge is 0.270 e. The fourth-order valence-electron chi connectivity index (χ4n) is 2.76. The molecule has 1 aliphatic heterocycles. The number of hydrogen-bond acceptors (Lipinski definition) is 6. The van der Waals surface area contributed by atoms with Crippen molar-refractivity contribution >= 4 is 22.9 Å². The molecule has 1 atom stereocenters. The van der Waals surface area contributed by atoms with Crippen molar-refractivity contribution in [2.24, 2.45) is 0 Å². The first-order chi connectivity index (χ1) is 12.1. The van der Waals surface area contributed by atoms with Crippen molar-refractivity contribution in [1.82, 2.24) is 15.0 Å². The van der Waals surface area contributed by atoms with E-state index in [0.29, 0.717) is 22.3 Å². The molecule has 3 aromatic rings. The molecule has 0 spiro atoms. The fourth-order valence-corrected chi connectivity index (χ4v) is 3.57. The first kappa shape index (κ1) is 15.7. The number of aryl methyl sites for hydroxylation is 1. The van der Waals surface area contributed by atoms with Crippen molar-refractivity contribution in [2.45, 2.75) is 20.0 Å². The molecular weight excluding hydrogens is 336 g/mol. The molecule has 7 heteroatoms. The summed E-state index contributed by atoms with van der Waals surface area (Å²) in [6, 6.07) is 7.62. The van der Waals surface area contributed by atoms with Crippen LogP contribution in [0.5, 0.6) is 5.75 Å². The van der Waals surface area contributed by atoms with E-state index in [9.17, 15) is 4.79 Å². The van der Waals surface area contributed by atoms with Crippen molar-refractivity contribution in [3.8, 4) is 16.6 Å². The highest BCUT2D eigenvalue weighted by molar-refractivity contribution is 7.16. The maximum atomic E-state index is 13.1. The van der Waals surface area contributed by atoms with Gasteiger partial charge in [0.2, 0.25) is 0 Å². The largest absolute Gasteiger partial charge is 0.487 e. The lowest BCUT2D eigenvalue weighted by atomic mass is 10.1. The minimum atomic E-state index is -0.0818. The van der Waals surface area contributed by atoms with E-state index in [4.69, 9.17) is 4.74 Å². The number of benzene rings is 1. The number of ether oxygens (including phenoxy) is 1. The summed E-state index contributed by atoms with van der Waals surface area (Å²) in [5, 5.41) is 0.634. The quantitative estimate of drug-likeness (QED) is 0.707. The van der Waals surface area contributed by atoms with Crippen LogP contribution in [0.1, 0.15) is 22.2 Å². The topological polar surface area (TPSA) is 68.2 Å². The molecule has 0 aliphatic carbocycles. The summed E-state index contributed by atoms with van der Waals surface area (Å²) >= 11 is 1.30. The zero-order valence-electron chi connectivity index (χ0n) is 13.8. The van der Waals surface area contributed by atoms with Crippen LogP contribution in [-0.2, 0) is 0 Å². The van der Waals surface area contributed by atoms with E-state index in [1.54, 1.807) is 29.6 Å². The Kier molecular flexibility index (Phi) is 3.93. The molecule has 4 rings (SSSR count). The van der Waals surface area contributed by atoms with Gasteiger partial charge in [0.15, 0.2) is 10.8 Å². The lowest BCUT2D eigenvalue weighted by Gasteiger charge is -2.33. The van der Waals surface area contributed by atoms with Crippen LogP contribution in [0.3, 0.4) is 0 Å². The summed E-state index contributed by atoms with van der Waals surface area (Å²) in [5.41, 5.74) is 1.88. The van der Waals surface area contributed by atoms with Crippen LogP contribution in [0.4, 0.5) is 5.69 Å². The van der Waals surface area contributed by atoms with Crippen molar-refractivity contribution in [1.29, 1.82) is 0 Å². The van der Waals surface area contributed by atoms with Gasteiger partial charge in [0, 0.05) is 12.4 Å². The Hall–Kier alpha value is -2.80. The fraction of sp³-hybridized carbons (Fsp3) is 0.222. The Balaban J connectivity index is 1.68. The van der Waals surface area contributed by atoms with Gasteiger partial charge in [-0.15, -0.1) is 11.3 Å². The number of hydrogen-bond donors (Lipinski definition) is 0. The van der Waals surface area contributed by atoms with Gasteiger partial charge in [0.25, 0.3) is 5.91 Å². The number of amides is 1. The number of anilines is 1. The number of carbonyl (C=O) groups is 1. The Morgan fingerprint density at radius 3 is 2.88 bits per heavy atom. The molecule has 0 saturated heterocycles. The third kappa shape index (κ3) is 2.98. The third-order valence-electron chi connectivity index (χ3n) is 3.89. The van der Waals surface area contributed by atoms with Gasteiger partial charge >= 0.3 is 0 Å². The highest BCUT2D eigenvalue weighted by Crippen LogP contribution is 2.36. The van der Waals surface area contributed by atoms with Crippen LogP contribution in [-0.4, -0.2) is 33.5 Å². The molecule has 6 nitrogen and oxygen atoms in total. The van der Waals surface area contributed by atoms with E-state index >= 15 is 0 Å². The second-order valence-electron chi connectivity index (χ2n) is 5.92. The summed E-state index contributed by atoms with van der Waals surface area (Å²) in [7, 11) is 0. The second-order valence-corrected chi connectivity index (χ2v) is 6.95. The van der Waals surface area contributed by atoms with Crippen molar-refractivity contribution in [2.75, 3.05) is 11.4 Å². The van der Waals surface area contributed by atoms with E-state index in [2.05, 4.69) is 15.0 Å². The monoisotopic (exact) mass is 352 g/mol.